The number of aliphatic carboxylic acids is 2. The Morgan fingerprint density at radius 2 is 1.77 bits per heavy atom. The Morgan fingerprint density at radius 3 is 2.43 bits per heavy atom. The Morgan fingerprint density at radius 1 is 1.03 bits per heavy atom. The van der Waals surface area contributed by atoms with Crippen LogP contribution in [0.15, 0.2) is 79.0 Å². The summed E-state index contributed by atoms with van der Waals surface area (Å²) in [7, 11) is 0. The van der Waals surface area contributed by atoms with Gasteiger partial charge in [0, 0.05) is 44.5 Å². The molecule has 2 heterocycles. The molecule has 0 amide bonds. The van der Waals surface area contributed by atoms with Gasteiger partial charge in [-0.15, -0.1) is 0 Å². The summed E-state index contributed by atoms with van der Waals surface area (Å²) < 4.78 is 0. The predicted molar refractivity (Wildman–Crippen MR) is 140 cm³/mol. The van der Waals surface area contributed by atoms with E-state index in [4.69, 9.17) is 21.8 Å². The number of nitrogens with one attached hydrogen (secondary N) is 1. The van der Waals surface area contributed by atoms with E-state index in [1.807, 2.05) is 12.1 Å². The molecule has 0 saturated carbocycles. The normalized spacial score (nSPS) is 13.7. The summed E-state index contributed by atoms with van der Waals surface area (Å²) in [5, 5.41) is 22.3. The molecule has 0 spiro atoms. The monoisotopic (exact) mass is 493 g/mol. The van der Waals surface area contributed by atoms with Crippen molar-refractivity contribution in [2.75, 3.05) is 31.5 Å². The van der Waals surface area contributed by atoms with Crippen molar-refractivity contribution in [2.24, 2.45) is 0 Å². The molecule has 0 saturated heterocycles. The van der Waals surface area contributed by atoms with Gasteiger partial charge >= 0.3 is 11.9 Å². The summed E-state index contributed by atoms with van der Waals surface area (Å²) in [4.78, 5) is 25.9. The maximum Gasteiger partial charge on any atom is 0.328 e. The number of rotatable bonds is 8. The van der Waals surface area contributed by atoms with Gasteiger partial charge in [-0.25, -0.2) is 14.6 Å². The van der Waals surface area contributed by atoms with Crippen molar-refractivity contribution in [3.05, 3.63) is 89.6 Å². The van der Waals surface area contributed by atoms with Crippen LogP contribution in [0.5, 0.6) is 0 Å². The highest BCUT2D eigenvalue weighted by molar-refractivity contribution is 6.30. The zero-order valence-corrected chi connectivity index (χ0v) is 20.0. The van der Waals surface area contributed by atoms with Crippen LogP contribution in [0.4, 0.5) is 5.82 Å². The van der Waals surface area contributed by atoms with Crippen molar-refractivity contribution in [1.29, 1.82) is 0 Å². The molecule has 35 heavy (non-hydrogen) atoms. The van der Waals surface area contributed by atoms with Crippen LogP contribution in [-0.4, -0.2) is 58.2 Å². The SMILES string of the molecule is Clc1ccc(NCCCN2CC=C(c3cccc4ccccc34)CC2)nc1.O=C(O)C=CC(=O)O. The fourth-order valence-corrected chi connectivity index (χ4v) is 3.92. The summed E-state index contributed by atoms with van der Waals surface area (Å²) in [5.41, 5.74) is 2.87. The summed E-state index contributed by atoms with van der Waals surface area (Å²) in [6.45, 7) is 4.16. The van der Waals surface area contributed by atoms with E-state index in [0.29, 0.717) is 17.2 Å². The molecule has 0 aliphatic carbocycles. The lowest BCUT2D eigenvalue weighted by molar-refractivity contribution is -0.134. The van der Waals surface area contributed by atoms with Crippen LogP contribution in [0.1, 0.15) is 18.4 Å². The van der Waals surface area contributed by atoms with Crippen molar-refractivity contribution in [3.8, 4) is 0 Å². The minimum Gasteiger partial charge on any atom is -0.478 e. The highest BCUT2D eigenvalue weighted by Gasteiger charge is 2.14. The van der Waals surface area contributed by atoms with E-state index in [1.54, 1.807) is 6.20 Å². The van der Waals surface area contributed by atoms with Gasteiger partial charge in [0.15, 0.2) is 0 Å². The highest BCUT2D eigenvalue weighted by atomic mass is 35.5. The number of nitrogens with zero attached hydrogens (tertiary/aromatic N) is 2. The van der Waals surface area contributed by atoms with Crippen molar-refractivity contribution in [1.82, 2.24) is 9.88 Å². The molecule has 0 radical (unpaired) electrons. The third-order valence-corrected chi connectivity index (χ3v) is 5.71. The van der Waals surface area contributed by atoms with Crippen molar-refractivity contribution >= 4 is 45.7 Å². The fourth-order valence-electron chi connectivity index (χ4n) is 3.81. The molecule has 1 aliphatic heterocycles. The molecule has 8 heteroatoms. The van der Waals surface area contributed by atoms with E-state index >= 15 is 0 Å². The lowest BCUT2D eigenvalue weighted by Gasteiger charge is -2.27. The number of aromatic nitrogens is 1. The van der Waals surface area contributed by atoms with Gasteiger partial charge in [0.1, 0.15) is 5.82 Å². The van der Waals surface area contributed by atoms with Crippen LogP contribution in [0.2, 0.25) is 5.02 Å². The number of carboxylic acids is 2. The summed E-state index contributed by atoms with van der Waals surface area (Å²) in [6.07, 6.45) is 7.40. The first-order chi connectivity index (χ1) is 16.9. The first kappa shape index (κ1) is 25.9. The van der Waals surface area contributed by atoms with Gasteiger partial charge < -0.3 is 15.5 Å². The fraction of sp³-hybridized carbons (Fsp3) is 0.222. The zero-order chi connectivity index (χ0) is 25.0. The Kier molecular flexibility index (Phi) is 9.83. The molecule has 0 atom stereocenters. The third kappa shape index (κ3) is 8.55. The maximum absolute atomic E-state index is 9.55. The standard InChI is InChI=1S/C23H24ClN3.C4H4O4/c24-20-9-10-23(26-17-20)25-13-4-14-27-15-11-19(12-16-27)22-8-3-6-18-5-1-2-7-21(18)22;5-3(6)1-2-4(7)8/h1-3,5-11,17H,4,12-16H2,(H,25,26);1-2H,(H,5,6)(H,7,8). The predicted octanol–water partition coefficient (Wildman–Crippen LogP) is 5.19. The summed E-state index contributed by atoms with van der Waals surface area (Å²) in [6, 6.07) is 19.1. The van der Waals surface area contributed by atoms with Gasteiger partial charge in [-0.2, -0.15) is 0 Å². The second kappa shape index (κ2) is 13.3. The Balaban J connectivity index is 0.000000371. The molecule has 0 fully saturated rings. The molecule has 7 nitrogen and oxygen atoms in total. The number of hydrogen-bond donors (Lipinski definition) is 3. The van der Waals surface area contributed by atoms with E-state index in [9.17, 15) is 9.59 Å². The molecule has 3 N–H and O–H groups in total. The van der Waals surface area contributed by atoms with Crippen LogP contribution in [0, 0.1) is 0 Å². The van der Waals surface area contributed by atoms with Crippen molar-refractivity contribution in [2.45, 2.75) is 12.8 Å². The van der Waals surface area contributed by atoms with Crippen molar-refractivity contribution < 1.29 is 19.8 Å². The van der Waals surface area contributed by atoms with Crippen molar-refractivity contribution in [3.63, 3.8) is 0 Å². The first-order valence-corrected chi connectivity index (χ1v) is 11.7. The zero-order valence-electron chi connectivity index (χ0n) is 19.2. The molecular formula is C27H28ClN3O4. The van der Waals surface area contributed by atoms with Gasteiger partial charge in [-0.3, -0.25) is 4.90 Å². The molecule has 1 aromatic heterocycles. The maximum atomic E-state index is 9.55. The number of hydrogen-bond acceptors (Lipinski definition) is 5. The van der Waals surface area contributed by atoms with E-state index in [-0.39, 0.29) is 0 Å². The number of halogens is 1. The quantitative estimate of drug-likeness (QED) is 0.293. The number of fused-ring (bicyclic) bond motifs is 1. The van der Waals surface area contributed by atoms with E-state index in [2.05, 4.69) is 63.7 Å². The second-order valence-corrected chi connectivity index (χ2v) is 8.39. The van der Waals surface area contributed by atoms with Gasteiger partial charge in [0.25, 0.3) is 0 Å². The highest BCUT2D eigenvalue weighted by Crippen LogP contribution is 2.29. The van der Waals surface area contributed by atoms with E-state index in [0.717, 1.165) is 44.8 Å². The molecule has 182 valence electrons. The average molecular weight is 494 g/mol. The van der Waals surface area contributed by atoms with Gasteiger partial charge in [-0.05, 0) is 46.9 Å². The molecule has 1 aliphatic rings. The Hall–Kier alpha value is -3.68. The molecule has 0 unspecified atom stereocenters. The molecule has 2 aromatic carbocycles. The topological polar surface area (TPSA) is 103 Å². The number of pyridine rings is 1. The molecule has 4 rings (SSSR count). The molecule has 3 aromatic rings. The molecular weight excluding hydrogens is 466 g/mol. The minimum absolute atomic E-state index is 0.558. The number of benzene rings is 2. The van der Waals surface area contributed by atoms with Crippen LogP contribution in [0.3, 0.4) is 0 Å². The first-order valence-electron chi connectivity index (χ1n) is 11.3. The van der Waals surface area contributed by atoms with E-state index < -0.39 is 11.9 Å². The number of carbonyl (C=O) groups is 2. The lowest BCUT2D eigenvalue weighted by atomic mass is 9.94. The Bertz CT molecular complexity index is 1190. The lowest BCUT2D eigenvalue weighted by Crippen LogP contribution is -2.30. The number of carboxylic acid groups (broad SMARTS) is 2. The third-order valence-electron chi connectivity index (χ3n) is 5.48. The van der Waals surface area contributed by atoms with E-state index in [1.165, 1.54) is 21.9 Å². The van der Waals surface area contributed by atoms with Gasteiger partial charge in [-0.1, -0.05) is 60.1 Å². The van der Waals surface area contributed by atoms with Crippen LogP contribution in [-0.2, 0) is 9.59 Å². The largest absolute Gasteiger partial charge is 0.478 e. The number of anilines is 1. The average Bonchev–Trinajstić information content (AvgIpc) is 2.87. The Labute approximate surface area is 209 Å². The van der Waals surface area contributed by atoms with Crippen LogP contribution >= 0.6 is 11.6 Å². The van der Waals surface area contributed by atoms with Crippen LogP contribution < -0.4 is 5.32 Å². The van der Waals surface area contributed by atoms with Crippen LogP contribution in [0.25, 0.3) is 16.3 Å². The smallest absolute Gasteiger partial charge is 0.328 e. The second-order valence-electron chi connectivity index (χ2n) is 7.96. The van der Waals surface area contributed by atoms with Gasteiger partial charge in [0.05, 0.1) is 5.02 Å². The minimum atomic E-state index is -1.26. The summed E-state index contributed by atoms with van der Waals surface area (Å²) >= 11 is 5.86. The molecule has 0 bridgehead atoms. The summed E-state index contributed by atoms with van der Waals surface area (Å²) in [5.74, 6) is -1.63. The van der Waals surface area contributed by atoms with Gasteiger partial charge in [0.2, 0.25) is 0 Å².